The maximum absolute atomic E-state index is 2.35. The van der Waals surface area contributed by atoms with Gasteiger partial charge in [0.05, 0.1) is 0 Å². The molecular formula is C18H27S. The van der Waals surface area contributed by atoms with Gasteiger partial charge in [0.1, 0.15) is 0 Å². The molecule has 0 bridgehead atoms. The van der Waals surface area contributed by atoms with E-state index < -0.39 is 0 Å². The molecule has 19 heavy (non-hydrogen) atoms. The Kier molecular flexibility index (Phi) is 7.30. The van der Waals surface area contributed by atoms with E-state index in [1.54, 1.807) is 5.92 Å². The first-order valence-corrected chi connectivity index (χ1v) is 8.25. The highest BCUT2D eigenvalue weighted by molar-refractivity contribution is 8.00. The molecule has 1 aromatic rings. The molecule has 0 atom stereocenters. The van der Waals surface area contributed by atoms with Crippen molar-refractivity contribution >= 4 is 11.8 Å². The molecule has 0 aliphatic rings. The van der Waals surface area contributed by atoms with Crippen molar-refractivity contribution in [3.8, 4) is 0 Å². The Morgan fingerprint density at radius 1 is 1.16 bits per heavy atom. The second-order valence-corrected chi connectivity index (χ2v) is 7.44. The Morgan fingerprint density at radius 2 is 1.84 bits per heavy atom. The van der Waals surface area contributed by atoms with Crippen molar-refractivity contribution in [1.82, 2.24) is 0 Å². The Bertz CT molecular complexity index is 365. The van der Waals surface area contributed by atoms with E-state index in [9.17, 15) is 0 Å². The summed E-state index contributed by atoms with van der Waals surface area (Å²) in [6.07, 6.45) is 8.02. The number of hydrogen-bond acceptors (Lipinski definition) is 1. The van der Waals surface area contributed by atoms with Gasteiger partial charge in [-0.05, 0) is 36.5 Å². The van der Waals surface area contributed by atoms with Gasteiger partial charge in [-0.2, -0.15) is 11.8 Å². The van der Waals surface area contributed by atoms with E-state index in [2.05, 4.69) is 81.9 Å². The standard InChI is InChI=1S/C18H27S/c1-5-16(15-18(3,4)19-6-2)13-10-14-17-11-8-7-9-12-17/h7-13H,5-6,14-15H2,1-4H3. The first kappa shape index (κ1) is 16.4. The van der Waals surface area contributed by atoms with E-state index in [0.29, 0.717) is 4.75 Å². The van der Waals surface area contributed by atoms with E-state index in [-0.39, 0.29) is 0 Å². The number of thioether (sulfide) groups is 1. The lowest BCUT2D eigenvalue weighted by atomic mass is 9.93. The zero-order valence-corrected chi connectivity index (χ0v) is 13.6. The van der Waals surface area contributed by atoms with Crippen LogP contribution in [0.5, 0.6) is 0 Å². The fourth-order valence-electron chi connectivity index (χ4n) is 2.27. The van der Waals surface area contributed by atoms with Gasteiger partial charge in [-0.15, -0.1) is 0 Å². The van der Waals surface area contributed by atoms with Gasteiger partial charge in [-0.3, -0.25) is 0 Å². The highest BCUT2D eigenvalue weighted by Crippen LogP contribution is 2.33. The topological polar surface area (TPSA) is 0 Å². The highest BCUT2D eigenvalue weighted by Gasteiger charge is 2.21. The van der Waals surface area contributed by atoms with Gasteiger partial charge in [-0.1, -0.05) is 70.2 Å². The zero-order chi connectivity index (χ0) is 14.1. The molecule has 0 aliphatic carbocycles. The Morgan fingerprint density at radius 3 is 2.42 bits per heavy atom. The van der Waals surface area contributed by atoms with Crippen LogP contribution in [-0.4, -0.2) is 10.5 Å². The van der Waals surface area contributed by atoms with Crippen LogP contribution < -0.4 is 0 Å². The number of rotatable bonds is 8. The largest absolute Gasteiger partial charge is 0.156 e. The average Bonchev–Trinajstić information content (AvgIpc) is 2.38. The monoisotopic (exact) mass is 275 g/mol. The molecule has 1 aromatic carbocycles. The number of hydrogen-bond donors (Lipinski definition) is 0. The minimum Gasteiger partial charge on any atom is -0.156 e. The van der Waals surface area contributed by atoms with Crippen molar-refractivity contribution in [2.75, 3.05) is 5.75 Å². The van der Waals surface area contributed by atoms with Gasteiger partial charge in [0.2, 0.25) is 0 Å². The Labute approximate surface area is 123 Å². The average molecular weight is 275 g/mol. The van der Waals surface area contributed by atoms with Crippen LogP contribution in [0.1, 0.15) is 46.1 Å². The van der Waals surface area contributed by atoms with E-state index in [1.165, 1.54) is 17.7 Å². The first-order valence-electron chi connectivity index (χ1n) is 7.26. The smallest absolute Gasteiger partial charge is 0.0112 e. The highest BCUT2D eigenvalue weighted by atomic mass is 32.2. The van der Waals surface area contributed by atoms with Crippen LogP contribution in [0.2, 0.25) is 0 Å². The van der Waals surface area contributed by atoms with Crippen LogP contribution in [0, 0.1) is 5.92 Å². The predicted molar refractivity (Wildman–Crippen MR) is 89.6 cm³/mol. The van der Waals surface area contributed by atoms with Crippen LogP contribution in [0.15, 0.2) is 42.5 Å². The third kappa shape index (κ3) is 6.87. The van der Waals surface area contributed by atoms with E-state index in [0.717, 1.165) is 12.8 Å². The quantitative estimate of drug-likeness (QED) is 0.587. The fraction of sp³-hybridized carbons (Fsp3) is 0.500. The molecule has 0 saturated heterocycles. The SMILES string of the molecule is CCSC(C)(C)C[C](C=CCc1ccccc1)CC. The molecule has 0 aliphatic heterocycles. The predicted octanol–water partition coefficient (Wildman–Crippen LogP) is 5.69. The van der Waals surface area contributed by atoms with Crippen molar-refractivity contribution in [3.05, 3.63) is 54.0 Å². The Hall–Kier alpha value is -0.690. The zero-order valence-electron chi connectivity index (χ0n) is 12.8. The van der Waals surface area contributed by atoms with Crippen LogP contribution in [0.3, 0.4) is 0 Å². The summed E-state index contributed by atoms with van der Waals surface area (Å²) in [6, 6.07) is 10.7. The van der Waals surface area contributed by atoms with Crippen LogP contribution in [0.25, 0.3) is 0 Å². The van der Waals surface area contributed by atoms with Crippen molar-refractivity contribution in [2.45, 2.75) is 51.7 Å². The van der Waals surface area contributed by atoms with Gasteiger partial charge in [0.15, 0.2) is 0 Å². The summed E-state index contributed by atoms with van der Waals surface area (Å²) in [5.74, 6) is 2.75. The van der Waals surface area contributed by atoms with Gasteiger partial charge >= 0.3 is 0 Å². The van der Waals surface area contributed by atoms with E-state index in [4.69, 9.17) is 0 Å². The Balaban J connectivity index is 2.48. The lowest BCUT2D eigenvalue weighted by Gasteiger charge is -2.26. The van der Waals surface area contributed by atoms with Crippen LogP contribution in [-0.2, 0) is 6.42 Å². The van der Waals surface area contributed by atoms with Gasteiger partial charge in [0.25, 0.3) is 0 Å². The maximum Gasteiger partial charge on any atom is 0.0112 e. The third-order valence-corrected chi connectivity index (χ3v) is 4.41. The molecule has 0 unspecified atom stereocenters. The summed E-state index contributed by atoms with van der Waals surface area (Å²) in [6.45, 7) is 9.20. The molecule has 0 nitrogen and oxygen atoms in total. The molecule has 0 amide bonds. The van der Waals surface area contributed by atoms with Gasteiger partial charge < -0.3 is 0 Å². The number of benzene rings is 1. The molecule has 0 fully saturated rings. The molecule has 0 spiro atoms. The number of allylic oxidation sites excluding steroid dienone is 2. The summed E-state index contributed by atoms with van der Waals surface area (Å²) in [7, 11) is 0. The van der Waals surface area contributed by atoms with Gasteiger partial charge in [0, 0.05) is 4.75 Å². The summed E-state index contributed by atoms with van der Waals surface area (Å²) in [5.41, 5.74) is 1.39. The summed E-state index contributed by atoms with van der Waals surface area (Å²) in [4.78, 5) is 0. The van der Waals surface area contributed by atoms with E-state index >= 15 is 0 Å². The normalized spacial score (nSPS) is 12.5. The minimum absolute atomic E-state index is 0.358. The third-order valence-electron chi connectivity index (χ3n) is 3.19. The molecule has 105 valence electrons. The van der Waals surface area contributed by atoms with Crippen LogP contribution >= 0.6 is 11.8 Å². The molecular weight excluding hydrogens is 248 g/mol. The second kappa shape index (κ2) is 8.47. The maximum atomic E-state index is 2.35. The molecule has 0 saturated carbocycles. The molecule has 0 heterocycles. The molecule has 1 rings (SSSR count). The second-order valence-electron chi connectivity index (χ2n) is 5.47. The van der Waals surface area contributed by atoms with Crippen molar-refractivity contribution in [2.24, 2.45) is 0 Å². The first-order chi connectivity index (χ1) is 9.07. The van der Waals surface area contributed by atoms with Crippen molar-refractivity contribution in [1.29, 1.82) is 0 Å². The minimum atomic E-state index is 0.358. The fourth-order valence-corrected chi connectivity index (χ4v) is 3.34. The van der Waals surface area contributed by atoms with Crippen molar-refractivity contribution in [3.63, 3.8) is 0 Å². The summed E-state index contributed by atoms with van der Waals surface area (Å²) < 4.78 is 0.358. The lowest BCUT2D eigenvalue weighted by molar-refractivity contribution is 0.646. The molecule has 0 aromatic heterocycles. The van der Waals surface area contributed by atoms with Crippen molar-refractivity contribution < 1.29 is 0 Å². The molecule has 1 radical (unpaired) electrons. The van der Waals surface area contributed by atoms with Crippen LogP contribution in [0.4, 0.5) is 0 Å². The van der Waals surface area contributed by atoms with E-state index in [1.807, 2.05) is 0 Å². The molecule has 0 N–H and O–H groups in total. The summed E-state index contributed by atoms with van der Waals surface area (Å²) in [5, 5.41) is 0. The molecule has 1 heteroatoms. The lowest BCUT2D eigenvalue weighted by Crippen LogP contribution is -2.18. The summed E-state index contributed by atoms with van der Waals surface area (Å²) >= 11 is 2.05. The van der Waals surface area contributed by atoms with Gasteiger partial charge in [-0.25, -0.2) is 0 Å².